The van der Waals surface area contributed by atoms with Gasteiger partial charge in [0, 0.05) is 0 Å². The number of carbonyl (C=O) groups is 1. The van der Waals surface area contributed by atoms with Gasteiger partial charge in [0.15, 0.2) is 0 Å². The molecule has 0 saturated carbocycles. The number of methoxy groups -OCH3 is 1. The second kappa shape index (κ2) is 8.60. The fourth-order valence-electron chi connectivity index (χ4n) is 2.41. The van der Waals surface area contributed by atoms with Crippen molar-refractivity contribution in [2.75, 3.05) is 12.4 Å². The standard InChI is InChI=1S/C18H18ClF3N2O4S/c1-10-8-13(5-7-16(10)28-3)29(26,27)24-11(2)17(25)23-15-9-12(18(20,21)22)4-6-14(15)19/h4-9,11,24H,1-3H3,(H,23,25)/t11-/m1/s1. The Labute approximate surface area is 171 Å². The van der Waals surface area contributed by atoms with E-state index in [0.717, 1.165) is 12.1 Å². The van der Waals surface area contributed by atoms with Crippen LogP contribution in [0.25, 0.3) is 0 Å². The summed E-state index contributed by atoms with van der Waals surface area (Å²) in [6, 6.07) is 5.31. The largest absolute Gasteiger partial charge is 0.496 e. The van der Waals surface area contributed by atoms with E-state index in [-0.39, 0.29) is 15.6 Å². The summed E-state index contributed by atoms with van der Waals surface area (Å²) in [5, 5.41) is 2.09. The number of anilines is 1. The van der Waals surface area contributed by atoms with E-state index in [4.69, 9.17) is 16.3 Å². The maximum Gasteiger partial charge on any atom is 0.416 e. The van der Waals surface area contributed by atoms with Gasteiger partial charge in [-0.3, -0.25) is 4.79 Å². The highest BCUT2D eigenvalue weighted by molar-refractivity contribution is 7.89. The first-order chi connectivity index (χ1) is 13.3. The van der Waals surface area contributed by atoms with E-state index >= 15 is 0 Å². The number of sulfonamides is 1. The van der Waals surface area contributed by atoms with Crippen LogP contribution in [0.4, 0.5) is 18.9 Å². The van der Waals surface area contributed by atoms with Crippen molar-refractivity contribution in [3.63, 3.8) is 0 Å². The summed E-state index contributed by atoms with van der Waals surface area (Å²) in [5.74, 6) is -0.381. The van der Waals surface area contributed by atoms with Crippen molar-refractivity contribution >= 4 is 33.2 Å². The lowest BCUT2D eigenvalue weighted by molar-refractivity contribution is -0.137. The number of nitrogens with one attached hydrogen (secondary N) is 2. The van der Waals surface area contributed by atoms with Gasteiger partial charge in [0.1, 0.15) is 5.75 Å². The van der Waals surface area contributed by atoms with Crippen LogP contribution in [0.1, 0.15) is 18.1 Å². The second-order valence-electron chi connectivity index (χ2n) is 6.16. The van der Waals surface area contributed by atoms with E-state index in [1.54, 1.807) is 6.92 Å². The second-order valence-corrected chi connectivity index (χ2v) is 8.28. The lowest BCUT2D eigenvalue weighted by Gasteiger charge is -2.17. The van der Waals surface area contributed by atoms with Gasteiger partial charge in [0.2, 0.25) is 15.9 Å². The Morgan fingerprint density at radius 2 is 1.83 bits per heavy atom. The molecular formula is C18H18ClF3N2O4S. The summed E-state index contributed by atoms with van der Waals surface area (Å²) in [6.07, 6.45) is -4.62. The molecule has 0 unspecified atom stereocenters. The molecule has 2 rings (SSSR count). The number of ether oxygens (including phenoxy) is 1. The molecule has 0 fully saturated rings. The Morgan fingerprint density at radius 3 is 2.38 bits per heavy atom. The fraction of sp³-hybridized carbons (Fsp3) is 0.278. The van der Waals surface area contributed by atoms with Crippen molar-refractivity contribution in [1.29, 1.82) is 0 Å². The Bertz CT molecular complexity index is 1030. The highest BCUT2D eigenvalue weighted by atomic mass is 35.5. The van der Waals surface area contributed by atoms with Gasteiger partial charge in [-0.1, -0.05) is 11.6 Å². The lowest BCUT2D eigenvalue weighted by atomic mass is 10.2. The number of hydrogen-bond donors (Lipinski definition) is 2. The van der Waals surface area contributed by atoms with Gasteiger partial charge in [0.05, 0.1) is 34.3 Å². The van der Waals surface area contributed by atoms with E-state index in [9.17, 15) is 26.4 Å². The Kier molecular flexibility index (Phi) is 6.82. The third-order valence-electron chi connectivity index (χ3n) is 3.95. The van der Waals surface area contributed by atoms with Gasteiger partial charge in [-0.25, -0.2) is 8.42 Å². The van der Waals surface area contributed by atoms with Crippen LogP contribution >= 0.6 is 11.6 Å². The van der Waals surface area contributed by atoms with Crippen LogP contribution in [-0.4, -0.2) is 27.5 Å². The van der Waals surface area contributed by atoms with E-state index in [0.29, 0.717) is 17.4 Å². The van der Waals surface area contributed by atoms with Crippen molar-refractivity contribution in [3.05, 3.63) is 52.5 Å². The number of benzene rings is 2. The molecule has 0 aliphatic carbocycles. The van der Waals surface area contributed by atoms with Crippen molar-refractivity contribution in [3.8, 4) is 5.75 Å². The SMILES string of the molecule is COc1ccc(S(=O)(=O)N[C@H](C)C(=O)Nc2cc(C(F)(F)F)ccc2Cl)cc1C. The van der Waals surface area contributed by atoms with Gasteiger partial charge in [0.25, 0.3) is 0 Å². The summed E-state index contributed by atoms with van der Waals surface area (Å²) in [6.45, 7) is 2.91. The molecule has 1 atom stereocenters. The van der Waals surface area contributed by atoms with Crippen molar-refractivity contribution in [1.82, 2.24) is 4.72 Å². The van der Waals surface area contributed by atoms with Crippen LogP contribution < -0.4 is 14.8 Å². The van der Waals surface area contributed by atoms with Gasteiger partial charge in [-0.05, 0) is 55.8 Å². The number of amides is 1. The molecule has 0 aliphatic heterocycles. The number of alkyl halides is 3. The topological polar surface area (TPSA) is 84.5 Å². The molecule has 0 radical (unpaired) electrons. The third-order valence-corrected chi connectivity index (χ3v) is 5.82. The van der Waals surface area contributed by atoms with Crippen LogP contribution in [0.5, 0.6) is 5.75 Å². The highest BCUT2D eigenvalue weighted by Crippen LogP contribution is 2.33. The van der Waals surface area contributed by atoms with Gasteiger partial charge < -0.3 is 10.1 Å². The van der Waals surface area contributed by atoms with Crippen LogP contribution in [-0.2, 0) is 21.0 Å². The van der Waals surface area contributed by atoms with Crippen molar-refractivity contribution in [2.45, 2.75) is 31.0 Å². The molecular weight excluding hydrogens is 433 g/mol. The summed E-state index contributed by atoms with van der Waals surface area (Å²) in [7, 11) is -2.62. The number of rotatable bonds is 6. The third kappa shape index (κ3) is 5.62. The van der Waals surface area contributed by atoms with E-state index in [1.807, 2.05) is 0 Å². The lowest BCUT2D eigenvalue weighted by Crippen LogP contribution is -2.41. The summed E-state index contributed by atoms with van der Waals surface area (Å²) in [5.41, 5.74) is -0.708. The normalized spacial score (nSPS) is 13.1. The van der Waals surface area contributed by atoms with Crippen LogP contribution in [0.15, 0.2) is 41.3 Å². The number of hydrogen-bond acceptors (Lipinski definition) is 4. The number of halogens is 4. The highest BCUT2D eigenvalue weighted by Gasteiger charge is 2.31. The minimum absolute atomic E-state index is 0.0902. The quantitative estimate of drug-likeness (QED) is 0.697. The molecule has 0 spiro atoms. The molecule has 0 aromatic heterocycles. The first-order valence-corrected chi connectivity index (χ1v) is 10.1. The maximum absolute atomic E-state index is 12.8. The van der Waals surface area contributed by atoms with E-state index in [2.05, 4.69) is 10.0 Å². The zero-order valence-corrected chi connectivity index (χ0v) is 17.2. The van der Waals surface area contributed by atoms with E-state index < -0.39 is 33.7 Å². The smallest absolute Gasteiger partial charge is 0.416 e. The summed E-state index contributed by atoms with van der Waals surface area (Å²) < 4.78 is 70.7. The molecule has 6 nitrogen and oxygen atoms in total. The summed E-state index contributed by atoms with van der Waals surface area (Å²) >= 11 is 5.84. The van der Waals surface area contributed by atoms with Gasteiger partial charge >= 0.3 is 6.18 Å². The Morgan fingerprint density at radius 1 is 1.17 bits per heavy atom. The average Bonchev–Trinajstić information content (AvgIpc) is 2.62. The molecule has 1 amide bonds. The molecule has 0 heterocycles. The van der Waals surface area contributed by atoms with Crippen molar-refractivity contribution in [2.24, 2.45) is 0 Å². The summed E-state index contributed by atoms with van der Waals surface area (Å²) in [4.78, 5) is 12.2. The Hall–Kier alpha value is -2.30. The predicted octanol–water partition coefficient (Wildman–Crippen LogP) is 3.98. The van der Waals surface area contributed by atoms with Gasteiger partial charge in [-0.2, -0.15) is 17.9 Å². The Balaban J connectivity index is 2.18. The first kappa shape index (κ1) is 23.0. The van der Waals surface area contributed by atoms with Crippen LogP contribution in [0, 0.1) is 6.92 Å². The molecule has 2 aromatic carbocycles. The van der Waals surface area contributed by atoms with Crippen molar-refractivity contribution < 1.29 is 31.1 Å². The van der Waals surface area contributed by atoms with Crippen LogP contribution in [0.2, 0.25) is 5.02 Å². The van der Waals surface area contributed by atoms with Crippen LogP contribution in [0.3, 0.4) is 0 Å². The zero-order chi connectivity index (χ0) is 22.0. The molecule has 0 bridgehead atoms. The predicted molar refractivity (Wildman–Crippen MR) is 103 cm³/mol. The zero-order valence-electron chi connectivity index (χ0n) is 15.6. The molecule has 158 valence electrons. The van der Waals surface area contributed by atoms with E-state index in [1.165, 1.54) is 32.2 Å². The molecule has 2 aromatic rings. The minimum Gasteiger partial charge on any atom is -0.496 e. The molecule has 2 N–H and O–H groups in total. The molecule has 0 aliphatic rings. The fourth-order valence-corrected chi connectivity index (χ4v) is 3.86. The molecule has 0 saturated heterocycles. The monoisotopic (exact) mass is 450 g/mol. The maximum atomic E-state index is 12.8. The van der Waals surface area contributed by atoms with Gasteiger partial charge in [-0.15, -0.1) is 0 Å². The number of carbonyl (C=O) groups excluding carboxylic acids is 1. The number of aryl methyl sites for hydroxylation is 1. The molecule has 11 heteroatoms. The first-order valence-electron chi connectivity index (χ1n) is 8.19. The minimum atomic E-state index is -4.62. The molecule has 29 heavy (non-hydrogen) atoms. The average molecular weight is 451 g/mol.